The second-order valence-electron chi connectivity index (χ2n) is 5.75. The van der Waals surface area contributed by atoms with Crippen LogP contribution in [-0.2, 0) is 10.8 Å². The minimum absolute atomic E-state index is 0.277. The van der Waals surface area contributed by atoms with E-state index in [2.05, 4.69) is 10.2 Å². The van der Waals surface area contributed by atoms with E-state index in [0.29, 0.717) is 5.46 Å². The molecule has 0 aliphatic carbocycles. The van der Waals surface area contributed by atoms with Crippen molar-refractivity contribution in [2.75, 3.05) is 0 Å². The molecule has 3 nitrogen and oxygen atoms in total. The third kappa shape index (κ3) is 2.62. The summed E-state index contributed by atoms with van der Waals surface area (Å²) in [5.41, 5.74) is -1.000. The number of nitrogens with zero attached hydrogens (tertiary/aromatic N) is 1. The van der Waals surface area contributed by atoms with Crippen LogP contribution < -0.4 is 10.7 Å². The van der Waals surface area contributed by atoms with Crippen molar-refractivity contribution in [3.05, 3.63) is 24.0 Å². The standard InChI is InChI=1S/C12H16BF3N2O/c1-10(2)11(3,4)19-13(18-10)8-5-6-9(17-7-8)12(14,15)16/h5-7,18H,1-4H3. The number of hydrogen-bond acceptors (Lipinski definition) is 3. The Morgan fingerprint density at radius 3 is 2.21 bits per heavy atom. The van der Waals surface area contributed by atoms with Crippen molar-refractivity contribution >= 4 is 12.5 Å². The maximum absolute atomic E-state index is 12.4. The van der Waals surface area contributed by atoms with Gasteiger partial charge in [-0.2, -0.15) is 13.2 Å². The Morgan fingerprint density at radius 2 is 1.84 bits per heavy atom. The van der Waals surface area contributed by atoms with Crippen molar-refractivity contribution in [3.63, 3.8) is 0 Å². The summed E-state index contributed by atoms with van der Waals surface area (Å²) in [4.78, 5) is 3.45. The molecule has 104 valence electrons. The van der Waals surface area contributed by atoms with Gasteiger partial charge in [-0.05, 0) is 39.2 Å². The lowest BCUT2D eigenvalue weighted by Crippen LogP contribution is -2.51. The van der Waals surface area contributed by atoms with Crippen LogP contribution >= 0.6 is 0 Å². The first-order chi connectivity index (χ1) is 8.53. The molecule has 2 heterocycles. The number of alkyl halides is 3. The molecule has 7 heteroatoms. The third-order valence-electron chi connectivity index (χ3n) is 3.79. The van der Waals surface area contributed by atoms with Crippen molar-refractivity contribution in [3.8, 4) is 0 Å². The third-order valence-corrected chi connectivity index (χ3v) is 3.79. The molecule has 0 aromatic carbocycles. The smallest absolute Gasteiger partial charge is 0.411 e. The fourth-order valence-corrected chi connectivity index (χ4v) is 1.85. The Hall–Kier alpha value is -1.08. The van der Waals surface area contributed by atoms with E-state index in [0.717, 1.165) is 6.07 Å². The quantitative estimate of drug-likeness (QED) is 0.794. The monoisotopic (exact) mass is 272 g/mol. The number of hydrogen-bond donors (Lipinski definition) is 1. The van der Waals surface area contributed by atoms with Gasteiger partial charge in [-0.3, -0.25) is 4.98 Å². The van der Waals surface area contributed by atoms with Crippen molar-refractivity contribution in [2.45, 2.75) is 45.0 Å². The van der Waals surface area contributed by atoms with Crippen molar-refractivity contribution < 1.29 is 17.8 Å². The van der Waals surface area contributed by atoms with Crippen LogP contribution in [0.25, 0.3) is 0 Å². The van der Waals surface area contributed by atoms with Crippen LogP contribution in [0.4, 0.5) is 13.2 Å². The van der Waals surface area contributed by atoms with Gasteiger partial charge in [-0.1, -0.05) is 6.07 Å². The van der Waals surface area contributed by atoms with Crippen LogP contribution in [0.5, 0.6) is 0 Å². The highest BCUT2D eigenvalue weighted by atomic mass is 19.4. The maximum Gasteiger partial charge on any atom is 0.433 e. The molecule has 19 heavy (non-hydrogen) atoms. The van der Waals surface area contributed by atoms with E-state index in [4.69, 9.17) is 4.65 Å². The van der Waals surface area contributed by atoms with Gasteiger partial charge < -0.3 is 9.88 Å². The highest BCUT2D eigenvalue weighted by Gasteiger charge is 2.49. The average molecular weight is 272 g/mol. The fraction of sp³-hybridized carbons (Fsp3) is 0.583. The van der Waals surface area contributed by atoms with E-state index in [1.54, 1.807) is 0 Å². The topological polar surface area (TPSA) is 34.2 Å². The minimum atomic E-state index is -4.42. The summed E-state index contributed by atoms with van der Waals surface area (Å²) >= 11 is 0. The Kier molecular flexibility index (Phi) is 3.18. The molecule has 0 atom stereocenters. The van der Waals surface area contributed by atoms with Crippen LogP contribution in [-0.4, -0.2) is 23.2 Å². The van der Waals surface area contributed by atoms with Gasteiger partial charge in [-0.15, -0.1) is 0 Å². The minimum Gasteiger partial charge on any atom is -0.411 e. The second kappa shape index (κ2) is 4.21. The lowest BCUT2D eigenvalue weighted by atomic mass is 9.74. The Labute approximate surface area is 110 Å². The summed E-state index contributed by atoms with van der Waals surface area (Å²) in [6.45, 7) is 7.87. The molecule has 0 saturated carbocycles. The van der Waals surface area contributed by atoms with Crippen molar-refractivity contribution in [2.24, 2.45) is 0 Å². The van der Waals surface area contributed by atoms with E-state index < -0.39 is 24.5 Å². The molecule has 1 aromatic heterocycles. The van der Waals surface area contributed by atoms with E-state index in [9.17, 15) is 13.2 Å². The number of aromatic nitrogens is 1. The van der Waals surface area contributed by atoms with Crippen molar-refractivity contribution in [1.29, 1.82) is 0 Å². The molecule has 1 N–H and O–H groups in total. The maximum atomic E-state index is 12.4. The highest BCUT2D eigenvalue weighted by molar-refractivity contribution is 6.65. The lowest BCUT2D eigenvalue weighted by Gasteiger charge is -2.33. The van der Waals surface area contributed by atoms with E-state index >= 15 is 0 Å². The molecular weight excluding hydrogens is 256 g/mol. The molecule has 1 aliphatic heterocycles. The van der Waals surface area contributed by atoms with Gasteiger partial charge in [0.2, 0.25) is 0 Å². The lowest BCUT2D eigenvalue weighted by molar-refractivity contribution is -0.141. The number of pyridine rings is 1. The van der Waals surface area contributed by atoms with Crippen LogP contribution in [0.2, 0.25) is 0 Å². The largest absolute Gasteiger partial charge is 0.433 e. The first-order valence-corrected chi connectivity index (χ1v) is 6.02. The summed E-state index contributed by atoms with van der Waals surface area (Å²) in [5, 5.41) is 3.25. The zero-order valence-corrected chi connectivity index (χ0v) is 11.3. The molecule has 1 aromatic rings. The van der Waals surface area contributed by atoms with Crippen molar-refractivity contribution in [1.82, 2.24) is 10.2 Å². The summed E-state index contributed by atoms with van der Waals surface area (Å²) in [5.74, 6) is 0. The Bertz CT molecular complexity index is 455. The normalized spacial score (nSPS) is 21.7. The first-order valence-electron chi connectivity index (χ1n) is 6.02. The zero-order chi connectivity index (χ0) is 14.5. The second-order valence-corrected chi connectivity index (χ2v) is 5.75. The summed E-state index contributed by atoms with van der Waals surface area (Å²) in [6.07, 6.45) is -3.21. The van der Waals surface area contributed by atoms with Gasteiger partial charge in [0, 0.05) is 11.7 Å². The molecule has 1 saturated heterocycles. The molecule has 1 fully saturated rings. The van der Waals surface area contributed by atoms with Gasteiger partial charge in [-0.25, -0.2) is 0 Å². The zero-order valence-electron chi connectivity index (χ0n) is 11.3. The van der Waals surface area contributed by atoms with E-state index in [1.165, 1.54) is 12.3 Å². The van der Waals surface area contributed by atoms with Gasteiger partial charge >= 0.3 is 13.2 Å². The number of nitrogens with one attached hydrogen (secondary N) is 1. The van der Waals surface area contributed by atoms with Crippen LogP contribution in [0.15, 0.2) is 18.3 Å². The predicted octanol–water partition coefficient (Wildman–Crippen LogP) is 1.97. The average Bonchev–Trinajstić information content (AvgIpc) is 2.47. The van der Waals surface area contributed by atoms with E-state index in [-0.39, 0.29) is 5.54 Å². The van der Waals surface area contributed by atoms with Gasteiger partial charge in [0.1, 0.15) is 5.69 Å². The molecule has 0 bridgehead atoms. The summed E-state index contributed by atoms with van der Waals surface area (Å²) in [6, 6.07) is 2.36. The molecular formula is C12H16BF3N2O. The van der Waals surface area contributed by atoms with Crippen LogP contribution in [0, 0.1) is 0 Å². The fourth-order valence-electron chi connectivity index (χ4n) is 1.85. The molecule has 0 radical (unpaired) electrons. The summed E-state index contributed by atoms with van der Waals surface area (Å²) < 4.78 is 43.1. The first kappa shape index (κ1) is 14.3. The Morgan fingerprint density at radius 1 is 1.21 bits per heavy atom. The molecule has 0 unspecified atom stereocenters. The molecule has 2 rings (SSSR count). The van der Waals surface area contributed by atoms with Gasteiger partial charge in [0.25, 0.3) is 0 Å². The van der Waals surface area contributed by atoms with E-state index in [1.807, 2.05) is 27.7 Å². The number of halogens is 3. The Balaban J connectivity index is 2.22. The summed E-state index contributed by atoms with van der Waals surface area (Å²) in [7, 11) is -0.445. The van der Waals surface area contributed by atoms with Crippen LogP contribution in [0.3, 0.4) is 0 Å². The molecule has 0 spiro atoms. The molecule has 0 amide bonds. The highest BCUT2D eigenvalue weighted by Crippen LogP contribution is 2.31. The van der Waals surface area contributed by atoms with Gasteiger partial charge in [0.05, 0.1) is 5.60 Å². The van der Waals surface area contributed by atoms with Crippen LogP contribution in [0.1, 0.15) is 33.4 Å². The SMILES string of the molecule is CC1(C)NB(c2ccc(C(F)(F)F)nc2)OC1(C)C. The van der Waals surface area contributed by atoms with Gasteiger partial charge in [0.15, 0.2) is 0 Å². The number of rotatable bonds is 1. The predicted molar refractivity (Wildman–Crippen MR) is 67.0 cm³/mol. The molecule has 1 aliphatic rings.